The van der Waals surface area contributed by atoms with E-state index in [9.17, 15) is 18.0 Å². The van der Waals surface area contributed by atoms with Crippen molar-refractivity contribution in [3.05, 3.63) is 28.8 Å². The molecule has 1 aromatic rings. The highest BCUT2D eigenvalue weighted by Crippen LogP contribution is 2.47. The van der Waals surface area contributed by atoms with E-state index in [0.29, 0.717) is 0 Å². The Morgan fingerprint density at radius 1 is 1.42 bits per heavy atom. The minimum Gasteiger partial charge on any atom is -0.323 e. The molecule has 0 saturated heterocycles. The molecule has 7 heteroatoms. The zero-order valence-corrected chi connectivity index (χ0v) is 13.8. The van der Waals surface area contributed by atoms with Gasteiger partial charge in [-0.25, -0.2) is 4.79 Å². The molecule has 0 radical (unpaired) electrons. The third-order valence-corrected chi connectivity index (χ3v) is 4.57. The SMILES string of the molecule is CCN1C[C@](C#CC2CC2)(C(F)(F)F)c2cc(Cl)ccc2NC1=O. The molecular weight excluding hydrogens is 341 g/mol. The van der Waals surface area contributed by atoms with E-state index in [1.54, 1.807) is 6.92 Å². The Labute approximate surface area is 143 Å². The van der Waals surface area contributed by atoms with Crippen LogP contribution in [-0.4, -0.2) is 30.2 Å². The molecule has 1 N–H and O–H groups in total. The number of anilines is 1. The Kier molecular flexibility index (Phi) is 4.16. The van der Waals surface area contributed by atoms with Crippen LogP contribution in [0.4, 0.5) is 23.7 Å². The molecule has 1 heterocycles. The van der Waals surface area contributed by atoms with Gasteiger partial charge in [0.15, 0.2) is 5.41 Å². The molecule has 1 fully saturated rings. The Bertz CT molecular complexity index is 734. The lowest BCUT2D eigenvalue weighted by Crippen LogP contribution is -2.50. The van der Waals surface area contributed by atoms with E-state index < -0.39 is 24.2 Å². The first-order valence-corrected chi connectivity index (χ1v) is 8.10. The van der Waals surface area contributed by atoms with Crippen LogP contribution < -0.4 is 5.32 Å². The molecule has 2 aliphatic rings. The third kappa shape index (κ3) is 2.93. The molecule has 0 aromatic heterocycles. The van der Waals surface area contributed by atoms with Gasteiger partial charge in [-0.1, -0.05) is 23.4 Å². The van der Waals surface area contributed by atoms with Gasteiger partial charge in [0.2, 0.25) is 0 Å². The second-order valence-corrected chi connectivity index (χ2v) is 6.52. The minimum atomic E-state index is -4.64. The number of nitrogens with zero attached hydrogens (tertiary/aromatic N) is 1. The first-order chi connectivity index (χ1) is 11.3. The Balaban J connectivity index is 2.25. The second-order valence-electron chi connectivity index (χ2n) is 6.08. The van der Waals surface area contributed by atoms with Gasteiger partial charge in [-0.15, -0.1) is 0 Å². The topological polar surface area (TPSA) is 32.3 Å². The van der Waals surface area contributed by atoms with Gasteiger partial charge in [0, 0.05) is 28.7 Å². The van der Waals surface area contributed by atoms with E-state index in [1.807, 2.05) is 0 Å². The van der Waals surface area contributed by atoms with E-state index in [0.717, 1.165) is 17.7 Å². The van der Waals surface area contributed by atoms with Gasteiger partial charge in [0.25, 0.3) is 0 Å². The molecule has 1 saturated carbocycles. The summed E-state index contributed by atoms with van der Waals surface area (Å²) in [6.45, 7) is 1.24. The first kappa shape index (κ1) is 17.0. The number of hydrogen-bond donors (Lipinski definition) is 1. The predicted octanol–water partition coefficient (Wildman–Crippen LogP) is 4.42. The molecule has 1 aliphatic heterocycles. The molecule has 3 nitrogen and oxygen atoms in total. The van der Waals surface area contributed by atoms with E-state index in [2.05, 4.69) is 17.2 Å². The van der Waals surface area contributed by atoms with Crippen molar-refractivity contribution in [2.75, 3.05) is 18.4 Å². The number of rotatable bonds is 1. The molecule has 0 unspecified atom stereocenters. The van der Waals surface area contributed by atoms with Gasteiger partial charge in [0.05, 0.1) is 6.54 Å². The van der Waals surface area contributed by atoms with Gasteiger partial charge in [-0.05, 0) is 38.0 Å². The summed E-state index contributed by atoms with van der Waals surface area (Å²) in [7, 11) is 0. The number of alkyl halides is 3. The highest BCUT2D eigenvalue weighted by Gasteiger charge is 2.58. The maximum absolute atomic E-state index is 14.2. The summed E-state index contributed by atoms with van der Waals surface area (Å²) in [5.41, 5.74) is -2.45. The van der Waals surface area contributed by atoms with Crippen molar-refractivity contribution in [3.63, 3.8) is 0 Å². The van der Waals surface area contributed by atoms with Crippen LogP contribution in [0.25, 0.3) is 0 Å². The maximum Gasteiger partial charge on any atom is 0.410 e. The van der Waals surface area contributed by atoms with Crippen LogP contribution in [-0.2, 0) is 5.41 Å². The van der Waals surface area contributed by atoms with Crippen LogP contribution in [0.1, 0.15) is 25.3 Å². The number of carbonyl (C=O) groups is 1. The average Bonchev–Trinajstić information content (AvgIpc) is 3.32. The standard InChI is InChI=1S/C17H16ClF3N2O/c1-2-23-10-16(17(19,20)21,8-7-11-3-4-11)13-9-12(18)5-6-14(13)22-15(23)24/h5-6,9,11H,2-4,10H2,1H3,(H,22,24)/t16-/m0/s1. The maximum atomic E-state index is 14.2. The molecule has 1 aliphatic carbocycles. The third-order valence-electron chi connectivity index (χ3n) is 4.33. The number of hydrogen-bond acceptors (Lipinski definition) is 1. The summed E-state index contributed by atoms with van der Waals surface area (Å²) >= 11 is 5.95. The van der Waals surface area contributed by atoms with Crippen LogP contribution in [0.5, 0.6) is 0 Å². The number of nitrogens with one attached hydrogen (secondary N) is 1. The highest BCUT2D eigenvalue weighted by molar-refractivity contribution is 6.30. The fourth-order valence-corrected chi connectivity index (χ4v) is 2.92. The molecular formula is C17H16ClF3N2O. The zero-order chi connectivity index (χ0) is 17.5. The van der Waals surface area contributed by atoms with Gasteiger partial charge in [-0.3, -0.25) is 0 Å². The fraction of sp³-hybridized carbons (Fsp3) is 0.471. The van der Waals surface area contributed by atoms with E-state index in [1.165, 1.54) is 18.2 Å². The molecule has 1 aromatic carbocycles. The molecule has 128 valence electrons. The van der Waals surface area contributed by atoms with Crippen molar-refractivity contribution >= 4 is 23.3 Å². The van der Waals surface area contributed by atoms with Crippen molar-refractivity contribution in [1.29, 1.82) is 0 Å². The summed E-state index contributed by atoms with van der Waals surface area (Å²) in [5, 5.41) is 2.72. The smallest absolute Gasteiger partial charge is 0.323 e. The van der Waals surface area contributed by atoms with E-state index >= 15 is 0 Å². The zero-order valence-electron chi connectivity index (χ0n) is 13.0. The van der Waals surface area contributed by atoms with Crippen molar-refractivity contribution in [3.8, 4) is 11.8 Å². The quantitative estimate of drug-likeness (QED) is 0.742. The summed E-state index contributed by atoms with van der Waals surface area (Å²) in [6.07, 6.45) is -3.01. The van der Waals surface area contributed by atoms with Crippen LogP contribution in [0.15, 0.2) is 18.2 Å². The monoisotopic (exact) mass is 356 g/mol. The van der Waals surface area contributed by atoms with Crippen molar-refractivity contribution < 1.29 is 18.0 Å². The Morgan fingerprint density at radius 3 is 2.71 bits per heavy atom. The summed E-state index contributed by atoms with van der Waals surface area (Å²) in [6, 6.07) is 3.54. The number of likely N-dealkylation sites (N-methyl/N-ethyl adjacent to an activating group) is 1. The fourth-order valence-electron chi connectivity index (χ4n) is 2.74. The predicted molar refractivity (Wildman–Crippen MR) is 86.0 cm³/mol. The van der Waals surface area contributed by atoms with Gasteiger partial charge >= 0.3 is 12.2 Å². The molecule has 3 rings (SSSR count). The summed E-state index contributed by atoms with van der Waals surface area (Å²) in [4.78, 5) is 13.4. The van der Waals surface area contributed by atoms with Gasteiger partial charge < -0.3 is 10.2 Å². The number of halogens is 4. The first-order valence-electron chi connectivity index (χ1n) is 7.72. The molecule has 0 bridgehead atoms. The largest absolute Gasteiger partial charge is 0.410 e. The number of benzene rings is 1. The highest BCUT2D eigenvalue weighted by atomic mass is 35.5. The second kappa shape index (κ2) is 5.89. The summed E-state index contributed by atoms with van der Waals surface area (Å²) < 4.78 is 42.6. The molecule has 0 spiro atoms. The number of carbonyl (C=O) groups excluding carboxylic acids is 1. The van der Waals surface area contributed by atoms with Crippen molar-refractivity contribution in [2.24, 2.45) is 5.92 Å². The number of amides is 2. The van der Waals surface area contributed by atoms with Crippen molar-refractivity contribution in [2.45, 2.75) is 31.4 Å². The summed E-state index contributed by atoms with van der Waals surface area (Å²) in [5.74, 6) is 5.23. The average molecular weight is 357 g/mol. The van der Waals surface area contributed by atoms with Crippen molar-refractivity contribution in [1.82, 2.24) is 4.90 Å². The number of urea groups is 1. The Hall–Kier alpha value is -1.87. The lowest BCUT2D eigenvalue weighted by Gasteiger charge is -2.34. The van der Waals surface area contributed by atoms with Gasteiger partial charge in [0.1, 0.15) is 0 Å². The molecule has 24 heavy (non-hydrogen) atoms. The van der Waals surface area contributed by atoms with Crippen LogP contribution in [0.2, 0.25) is 5.02 Å². The van der Waals surface area contributed by atoms with E-state index in [4.69, 9.17) is 11.6 Å². The lowest BCUT2D eigenvalue weighted by atomic mass is 9.78. The van der Waals surface area contributed by atoms with Crippen LogP contribution in [0, 0.1) is 17.8 Å². The Morgan fingerprint density at radius 2 is 2.12 bits per heavy atom. The van der Waals surface area contributed by atoms with Crippen LogP contribution in [0.3, 0.4) is 0 Å². The lowest BCUT2D eigenvalue weighted by molar-refractivity contribution is -0.175. The minimum absolute atomic E-state index is 0.00819. The van der Waals surface area contributed by atoms with Gasteiger partial charge in [-0.2, -0.15) is 13.2 Å². The normalized spacial score (nSPS) is 23.7. The molecule has 2 amide bonds. The van der Waals surface area contributed by atoms with Crippen LogP contribution >= 0.6 is 11.6 Å². The van der Waals surface area contributed by atoms with E-state index in [-0.39, 0.29) is 28.7 Å². The molecule has 1 atom stereocenters. The number of fused-ring (bicyclic) bond motifs is 1.